The van der Waals surface area contributed by atoms with Gasteiger partial charge in [0.15, 0.2) is 11.6 Å². The summed E-state index contributed by atoms with van der Waals surface area (Å²) in [6.07, 6.45) is 6.60. The molecule has 1 N–H and O–H groups in total. The number of benzene rings is 2. The minimum absolute atomic E-state index is 0.253. The summed E-state index contributed by atoms with van der Waals surface area (Å²) in [5, 5.41) is 4.77. The van der Waals surface area contributed by atoms with E-state index >= 15 is 0 Å². The van der Waals surface area contributed by atoms with Crippen molar-refractivity contribution in [2.45, 2.75) is 0 Å². The van der Waals surface area contributed by atoms with Crippen LogP contribution in [0.1, 0.15) is 5.56 Å². The zero-order valence-electron chi connectivity index (χ0n) is 15.1. The van der Waals surface area contributed by atoms with E-state index < -0.39 is 0 Å². The first kappa shape index (κ1) is 17.4. The van der Waals surface area contributed by atoms with Gasteiger partial charge >= 0.3 is 0 Å². The molecule has 6 nitrogen and oxygen atoms in total. The van der Waals surface area contributed by atoms with Crippen LogP contribution in [0.25, 0.3) is 28.2 Å². The monoisotopic (exact) mass is 398 g/mol. The van der Waals surface area contributed by atoms with Gasteiger partial charge in [-0.3, -0.25) is 9.78 Å². The Morgan fingerprint density at radius 3 is 2.90 bits per heavy atom. The minimum Gasteiger partial charge on any atom is -0.451 e. The van der Waals surface area contributed by atoms with Gasteiger partial charge in [-0.05, 0) is 53.7 Å². The maximum absolute atomic E-state index is 12.3. The molecule has 0 aliphatic carbocycles. The number of thioether (sulfide) groups is 1. The number of carbonyl (C=O) groups excluding carboxylic acids is 1. The van der Waals surface area contributed by atoms with Crippen LogP contribution in [-0.4, -0.2) is 21.0 Å². The van der Waals surface area contributed by atoms with E-state index in [-0.39, 0.29) is 5.91 Å². The number of nitrogens with one attached hydrogen (secondary N) is 1. The summed E-state index contributed by atoms with van der Waals surface area (Å²) in [6.45, 7) is 0. The summed E-state index contributed by atoms with van der Waals surface area (Å²) in [7, 11) is 0. The van der Waals surface area contributed by atoms with Crippen molar-refractivity contribution in [3.8, 4) is 11.3 Å². The number of anilines is 1. The predicted molar refractivity (Wildman–Crippen MR) is 115 cm³/mol. The molecule has 0 saturated heterocycles. The van der Waals surface area contributed by atoms with E-state index in [1.165, 1.54) is 18.2 Å². The molecule has 2 aromatic heterocycles. The summed E-state index contributed by atoms with van der Waals surface area (Å²) >= 11 is 1.32. The predicted octanol–water partition coefficient (Wildman–Crippen LogP) is 4.97. The van der Waals surface area contributed by atoms with E-state index in [4.69, 9.17) is 4.42 Å². The second kappa shape index (κ2) is 7.37. The number of hydrogen-bond acceptors (Lipinski definition) is 6. The zero-order valence-corrected chi connectivity index (χ0v) is 15.9. The highest BCUT2D eigenvalue weighted by molar-refractivity contribution is 8.18. The largest absolute Gasteiger partial charge is 0.451 e. The van der Waals surface area contributed by atoms with Gasteiger partial charge in [0.2, 0.25) is 0 Å². The lowest BCUT2D eigenvalue weighted by atomic mass is 10.1. The lowest BCUT2D eigenvalue weighted by molar-refractivity contribution is -0.113. The highest BCUT2D eigenvalue weighted by Gasteiger charge is 2.22. The van der Waals surface area contributed by atoms with Crippen molar-refractivity contribution in [2.24, 2.45) is 4.99 Å². The quantitative estimate of drug-likeness (QED) is 0.491. The average molecular weight is 398 g/mol. The molecule has 0 radical (unpaired) electrons. The van der Waals surface area contributed by atoms with Crippen LogP contribution in [-0.2, 0) is 4.79 Å². The van der Waals surface area contributed by atoms with Crippen molar-refractivity contribution in [2.75, 3.05) is 5.32 Å². The first-order valence-electron chi connectivity index (χ1n) is 8.88. The van der Waals surface area contributed by atoms with Gasteiger partial charge in [0.05, 0.1) is 10.4 Å². The molecule has 0 unspecified atom stereocenters. The van der Waals surface area contributed by atoms with E-state index in [2.05, 4.69) is 20.3 Å². The summed E-state index contributed by atoms with van der Waals surface area (Å²) in [4.78, 5) is 25.5. The molecule has 0 saturated carbocycles. The Kier molecular flexibility index (Phi) is 4.42. The molecule has 140 valence electrons. The van der Waals surface area contributed by atoms with Gasteiger partial charge in [0.25, 0.3) is 5.91 Å². The van der Waals surface area contributed by atoms with E-state index in [1.54, 1.807) is 12.5 Å². The number of aromatic nitrogens is 2. The zero-order chi connectivity index (χ0) is 19.6. The average Bonchev–Trinajstić information content (AvgIpc) is 3.39. The molecule has 4 aromatic rings. The van der Waals surface area contributed by atoms with Crippen molar-refractivity contribution in [1.29, 1.82) is 0 Å². The van der Waals surface area contributed by atoms with E-state index in [0.29, 0.717) is 10.1 Å². The fourth-order valence-electron chi connectivity index (χ4n) is 3.03. The first-order valence-corrected chi connectivity index (χ1v) is 9.69. The molecule has 0 fully saturated rings. The molecule has 0 spiro atoms. The molecule has 1 aliphatic rings. The highest BCUT2D eigenvalue weighted by atomic mass is 32.2. The van der Waals surface area contributed by atoms with Crippen LogP contribution < -0.4 is 5.32 Å². The number of rotatable bonds is 3. The Hall–Kier alpha value is -3.71. The number of aliphatic imine (C=N–C) groups is 1. The maximum atomic E-state index is 12.3. The van der Waals surface area contributed by atoms with Crippen molar-refractivity contribution >= 4 is 45.5 Å². The lowest BCUT2D eigenvalue weighted by Crippen LogP contribution is -2.04. The number of fused-ring (bicyclic) bond motifs is 1. The third kappa shape index (κ3) is 3.68. The second-order valence-electron chi connectivity index (χ2n) is 6.37. The molecule has 1 amide bonds. The second-order valence-corrected chi connectivity index (χ2v) is 7.40. The summed E-state index contributed by atoms with van der Waals surface area (Å²) in [5.41, 5.74) is 4.34. The SMILES string of the molecule is O=C1N=C(Nc2cccc(-c3cocn3)c2)SC1=Cc1ccc2ncccc2c1. The third-order valence-corrected chi connectivity index (χ3v) is 5.29. The Morgan fingerprint density at radius 1 is 1.03 bits per heavy atom. The Bertz CT molecular complexity index is 1280. The van der Waals surface area contributed by atoms with Crippen LogP contribution in [0.3, 0.4) is 0 Å². The molecule has 2 aromatic carbocycles. The molecule has 5 rings (SSSR count). The smallest absolute Gasteiger partial charge is 0.286 e. The highest BCUT2D eigenvalue weighted by Crippen LogP contribution is 2.30. The Morgan fingerprint density at radius 2 is 2.00 bits per heavy atom. The molecular formula is C22H14N4O2S. The molecule has 0 atom stereocenters. The molecule has 3 heterocycles. The summed E-state index contributed by atoms with van der Waals surface area (Å²) in [5.74, 6) is -0.253. The fourth-order valence-corrected chi connectivity index (χ4v) is 3.87. The van der Waals surface area contributed by atoms with Crippen molar-refractivity contribution in [3.05, 3.63) is 83.9 Å². The number of amidine groups is 1. The van der Waals surface area contributed by atoms with E-state index in [9.17, 15) is 4.79 Å². The van der Waals surface area contributed by atoms with Gasteiger partial charge in [-0.2, -0.15) is 4.99 Å². The van der Waals surface area contributed by atoms with Gasteiger partial charge in [-0.15, -0.1) is 0 Å². The van der Waals surface area contributed by atoms with Crippen LogP contribution >= 0.6 is 11.8 Å². The van der Waals surface area contributed by atoms with Gasteiger partial charge in [-0.25, -0.2) is 4.98 Å². The number of carbonyl (C=O) groups is 1. The van der Waals surface area contributed by atoms with Crippen molar-refractivity contribution in [3.63, 3.8) is 0 Å². The van der Waals surface area contributed by atoms with Crippen LogP contribution in [0, 0.1) is 0 Å². The number of amides is 1. The molecule has 1 aliphatic heterocycles. The van der Waals surface area contributed by atoms with E-state index in [0.717, 1.165) is 33.4 Å². The normalized spacial score (nSPS) is 15.1. The van der Waals surface area contributed by atoms with Crippen LogP contribution in [0.2, 0.25) is 0 Å². The topological polar surface area (TPSA) is 80.4 Å². The number of hydrogen-bond donors (Lipinski definition) is 1. The van der Waals surface area contributed by atoms with Crippen LogP contribution in [0.5, 0.6) is 0 Å². The molecular weight excluding hydrogens is 384 g/mol. The van der Waals surface area contributed by atoms with Crippen LogP contribution in [0.4, 0.5) is 5.69 Å². The van der Waals surface area contributed by atoms with Gasteiger partial charge in [-0.1, -0.05) is 24.3 Å². The lowest BCUT2D eigenvalue weighted by Gasteiger charge is -2.06. The standard InChI is InChI=1S/C22H14N4O2S/c27-21-20(10-14-6-7-18-15(9-14)4-2-8-23-18)29-22(26-21)25-17-5-1-3-16(11-17)19-12-28-13-24-19/h1-13H,(H,25,26,27). The Balaban J connectivity index is 1.35. The van der Waals surface area contributed by atoms with Crippen LogP contribution in [0.15, 0.2) is 87.8 Å². The van der Waals surface area contributed by atoms with Crippen molar-refractivity contribution < 1.29 is 9.21 Å². The molecule has 0 bridgehead atoms. The molecule has 29 heavy (non-hydrogen) atoms. The molecule has 7 heteroatoms. The summed E-state index contributed by atoms with van der Waals surface area (Å²) < 4.78 is 5.04. The third-order valence-electron chi connectivity index (χ3n) is 4.39. The summed E-state index contributed by atoms with van der Waals surface area (Å²) in [6, 6.07) is 17.5. The van der Waals surface area contributed by atoms with Gasteiger partial charge < -0.3 is 9.73 Å². The van der Waals surface area contributed by atoms with Gasteiger partial charge in [0.1, 0.15) is 12.0 Å². The van der Waals surface area contributed by atoms with Crippen molar-refractivity contribution in [1.82, 2.24) is 9.97 Å². The minimum atomic E-state index is -0.253. The number of pyridine rings is 1. The maximum Gasteiger partial charge on any atom is 0.286 e. The number of oxazole rings is 1. The Labute approximate surface area is 170 Å². The number of nitrogens with zero attached hydrogens (tertiary/aromatic N) is 3. The first-order chi connectivity index (χ1) is 14.2. The fraction of sp³-hybridized carbons (Fsp3) is 0. The van der Waals surface area contributed by atoms with E-state index in [1.807, 2.05) is 60.7 Å². The van der Waals surface area contributed by atoms with Gasteiger partial charge in [0, 0.05) is 22.8 Å².